The van der Waals surface area contributed by atoms with Gasteiger partial charge in [0.1, 0.15) is 18.0 Å². The van der Waals surface area contributed by atoms with E-state index in [-0.39, 0.29) is 53.7 Å². The van der Waals surface area contributed by atoms with Crippen molar-refractivity contribution >= 4 is 11.6 Å². The van der Waals surface area contributed by atoms with Crippen molar-refractivity contribution in [3.63, 3.8) is 0 Å². The number of rotatable bonds is 10. The van der Waals surface area contributed by atoms with Gasteiger partial charge in [0.05, 0.1) is 36.8 Å². The van der Waals surface area contributed by atoms with Gasteiger partial charge in [-0.2, -0.15) is 0 Å². The fraction of sp³-hybridized carbons (Fsp3) is 0.742. The lowest BCUT2D eigenvalue weighted by atomic mass is 9.69. The Labute approximate surface area is 227 Å². The largest absolute Gasteiger partial charge is 0.492 e. The second-order valence-electron chi connectivity index (χ2n) is 11.4. The minimum Gasteiger partial charge on any atom is -0.492 e. The Bertz CT molecular complexity index is 888. The molecule has 7 nitrogen and oxygen atoms in total. The smallest absolute Gasteiger partial charge is 0.168 e. The fourth-order valence-corrected chi connectivity index (χ4v) is 7.17. The second kappa shape index (κ2) is 13.5. The molecule has 212 valence electrons. The first kappa shape index (κ1) is 29.2. The van der Waals surface area contributed by atoms with Crippen molar-refractivity contribution in [2.45, 2.75) is 95.2 Å². The molecule has 6 unspecified atom stereocenters. The van der Waals surface area contributed by atoms with Crippen LogP contribution >= 0.6 is 0 Å². The number of ketones is 2. The zero-order valence-electron chi connectivity index (χ0n) is 23.6. The number of carbonyl (C=O) groups is 2. The van der Waals surface area contributed by atoms with Crippen LogP contribution in [0.15, 0.2) is 36.1 Å². The van der Waals surface area contributed by atoms with Gasteiger partial charge in [0.2, 0.25) is 0 Å². The van der Waals surface area contributed by atoms with Crippen LogP contribution in [0.3, 0.4) is 0 Å². The van der Waals surface area contributed by atoms with Gasteiger partial charge in [0.25, 0.3) is 0 Å². The second-order valence-corrected chi connectivity index (χ2v) is 11.4. The van der Waals surface area contributed by atoms with E-state index in [0.717, 1.165) is 49.9 Å². The van der Waals surface area contributed by atoms with Crippen molar-refractivity contribution in [1.29, 1.82) is 0 Å². The number of hydrogen-bond donors (Lipinski definition) is 0. The minimum absolute atomic E-state index is 0.0408. The van der Waals surface area contributed by atoms with Crippen LogP contribution in [0.5, 0.6) is 0 Å². The maximum Gasteiger partial charge on any atom is 0.168 e. The molecule has 4 aliphatic rings. The lowest BCUT2D eigenvalue weighted by Gasteiger charge is -2.45. The lowest BCUT2D eigenvalue weighted by molar-refractivity contribution is -0.152. The van der Waals surface area contributed by atoms with Crippen LogP contribution in [-0.2, 0) is 33.3 Å². The van der Waals surface area contributed by atoms with Crippen LogP contribution in [0.25, 0.3) is 0 Å². The van der Waals surface area contributed by atoms with Crippen molar-refractivity contribution < 1.29 is 33.3 Å². The van der Waals surface area contributed by atoms with E-state index in [1.807, 2.05) is 13.0 Å². The Hall–Kier alpha value is -1.80. The highest BCUT2D eigenvalue weighted by molar-refractivity contribution is 6.00. The quantitative estimate of drug-likeness (QED) is 0.291. The van der Waals surface area contributed by atoms with Crippen LogP contribution in [0.1, 0.15) is 64.7 Å². The van der Waals surface area contributed by atoms with Gasteiger partial charge in [-0.15, -0.1) is 6.58 Å². The van der Waals surface area contributed by atoms with E-state index in [0.29, 0.717) is 19.4 Å². The van der Waals surface area contributed by atoms with Crippen LogP contribution in [0.4, 0.5) is 0 Å². The van der Waals surface area contributed by atoms with Crippen LogP contribution in [-0.4, -0.2) is 70.0 Å². The molecule has 0 amide bonds. The van der Waals surface area contributed by atoms with E-state index >= 15 is 0 Å². The summed E-state index contributed by atoms with van der Waals surface area (Å²) in [6, 6.07) is 0. The summed E-state index contributed by atoms with van der Waals surface area (Å²) < 4.78 is 29.8. The highest BCUT2D eigenvalue weighted by Gasteiger charge is 2.51. The lowest BCUT2D eigenvalue weighted by Crippen LogP contribution is -2.53. The molecular formula is C31H46O7. The first-order valence-electron chi connectivity index (χ1n) is 14.4. The maximum absolute atomic E-state index is 13.9. The van der Waals surface area contributed by atoms with E-state index in [1.165, 1.54) is 6.42 Å². The zero-order chi connectivity index (χ0) is 27.2. The molecule has 1 heterocycles. The monoisotopic (exact) mass is 530 g/mol. The highest BCUT2D eigenvalue weighted by atomic mass is 16.6. The molecule has 0 N–H and O–H groups in total. The number of fused-ring (bicyclic) bond motifs is 1. The average Bonchev–Trinajstić information content (AvgIpc) is 2.95. The Morgan fingerprint density at radius 3 is 2.26 bits per heavy atom. The molecule has 0 saturated heterocycles. The van der Waals surface area contributed by atoms with Gasteiger partial charge < -0.3 is 23.7 Å². The molecule has 7 heteroatoms. The topological polar surface area (TPSA) is 80.3 Å². The molecule has 3 aliphatic carbocycles. The van der Waals surface area contributed by atoms with Crippen molar-refractivity contribution in [3.8, 4) is 0 Å². The van der Waals surface area contributed by atoms with Crippen molar-refractivity contribution in [2.24, 2.45) is 23.7 Å². The first-order chi connectivity index (χ1) is 18.4. The Morgan fingerprint density at radius 2 is 1.66 bits per heavy atom. The predicted molar refractivity (Wildman–Crippen MR) is 145 cm³/mol. The normalized spacial score (nSPS) is 36.7. The SMILES string of the molecule is C=CCOC1CCC2C(=O)C(C)=C(C3CCCCC3)OC2C1C(=O)C=CC1CC(OC)C(OC)C(OC)C1. The van der Waals surface area contributed by atoms with Crippen molar-refractivity contribution in [3.05, 3.63) is 36.1 Å². The predicted octanol–water partition coefficient (Wildman–Crippen LogP) is 4.99. The molecule has 3 saturated carbocycles. The summed E-state index contributed by atoms with van der Waals surface area (Å²) in [5, 5.41) is 0. The Balaban J connectivity index is 1.56. The summed E-state index contributed by atoms with van der Waals surface area (Å²) in [5.74, 6) is 0.471. The number of carbonyl (C=O) groups excluding carboxylic acids is 2. The van der Waals surface area contributed by atoms with Gasteiger partial charge in [-0.1, -0.05) is 31.4 Å². The van der Waals surface area contributed by atoms with Gasteiger partial charge in [-0.05, 0) is 57.4 Å². The number of hydrogen-bond acceptors (Lipinski definition) is 7. The third-order valence-corrected chi connectivity index (χ3v) is 9.20. The van der Waals surface area contributed by atoms with Gasteiger partial charge >= 0.3 is 0 Å². The highest BCUT2D eigenvalue weighted by Crippen LogP contribution is 2.44. The molecule has 0 bridgehead atoms. The van der Waals surface area contributed by atoms with E-state index in [9.17, 15) is 9.59 Å². The first-order valence-corrected chi connectivity index (χ1v) is 14.4. The average molecular weight is 531 g/mol. The van der Waals surface area contributed by atoms with Gasteiger partial charge in [-0.25, -0.2) is 0 Å². The summed E-state index contributed by atoms with van der Waals surface area (Å²) in [7, 11) is 5.04. The van der Waals surface area contributed by atoms with E-state index in [4.69, 9.17) is 23.7 Å². The summed E-state index contributed by atoms with van der Waals surface area (Å²) >= 11 is 0. The molecule has 6 atom stereocenters. The molecule has 3 fully saturated rings. The van der Waals surface area contributed by atoms with Gasteiger partial charge in [0, 0.05) is 32.8 Å². The summed E-state index contributed by atoms with van der Waals surface area (Å²) in [6.45, 7) is 6.05. The molecule has 38 heavy (non-hydrogen) atoms. The molecule has 0 spiro atoms. The number of ether oxygens (including phenoxy) is 5. The number of methoxy groups -OCH3 is 3. The molecule has 0 aromatic heterocycles. The van der Waals surface area contributed by atoms with Gasteiger partial charge in [-0.3, -0.25) is 9.59 Å². The third kappa shape index (κ3) is 6.16. The van der Waals surface area contributed by atoms with E-state index in [1.54, 1.807) is 33.5 Å². The Kier molecular flexibility index (Phi) is 10.4. The number of Topliss-reactive ketones (excluding diaryl/α,β-unsaturated/α-hetero) is 1. The minimum atomic E-state index is -0.535. The third-order valence-electron chi connectivity index (χ3n) is 9.20. The fourth-order valence-electron chi connectivity index (χ4n) is 7.17. The standard InChI is InChI=1S/C31H46O7/c1-6-16-37-24-15-13-22-28(33)19(2)29(21-10-8-7-9-11-21)38-30(22)27(24)23(32)14-12-20-17-25(34-3)31(36-5)26(18-20)35-4/h6,12,14,20-22,24-27,30-31H,1,7-11,13,15-18H2,2-5H3. The molecule has 0 aromatic rings. The van der Waals surface area contributed by atoms with Crippen molar-refractivity contribution in [1.82, 2.24) is 0 Å². The molecule has 4 rings (SSSR count). The number of allylic oxidation sites excluding steroid dienone is 4. The zero-order valence-corrected chi connectivity index (χ0v) is 23.6. The summed E-state index contributed by atoms with van der Waals surface area (Å²) in [4.78, 5) is 27.4. The van der Waals surface area contributed by atoms with Crippen LogP contribution < -0.4 is 0 Å². The van der Waals surface area contributed by atoms with Gasteiger partial charge in [0.15, 0.2) is 11.6 Å². The summed E-state index contributed by atoms with van der Waals surface area (Å²) in [6.07, 6.45) is 12.6. The molecule has 0 radical (unpaired) electrons. The van der Waals surface area contributed by atoms with E-state index in [2.05, 4.69) is 6.58 Å². The van der Waals surface area contributed by atoms with E-state index < -0.39 is 12.0 Å². The molecular weight excluding hydrogens is 484 g/mol. The van der Waals surface area contributed by atoms with Crippen LogP contribution in [0, 0.1) is 23.7 Å². The molecule has 0 aromatic carbocycles. The maximum atomic E-state index is 13.9. The van der Waals surface area contributed by atoms with Crippen LogP contribution in [0.2, 0.25) is 0 Å². The Morgan fingerprint density at radius 1 is 0.974 bits per heavy atom. The molecule has 1 aliphatic heterocycles. The van der Waals surface area contributed by atoms with Crippen molar-refractivity contribution in [2.75, 3.05) is 27.9 Å². The summed E-state index contributed by atoms with van der Waals surface area (Å²) in [5.41, 5.74) is 0.761.